The Morgan fingerprint density at radius 3 is 3.07 bits per heavy atom. The van der Waals surface area contributed by atoms with Crippen molar-refractivity contribution < 1.29 is 4.74 Å². The molecule has 4 nitrogen and oxygen atoms in total. The summed E-state index contributed by atoms with van der Waals surface area (Å²) in [6.07, 6.45) is 3.71. The molecule has 1 aromatic heterocycles. The molecular formula is C9H16ClN3O. The summed E-state index contributed by atoms with van der Waals surface area (Å²) in [5.41, 5.74) is 0. The molecule has 0 saturated heterocycles. The van der Waals surface area contributed by atoms with Gasteiger partial charge in [-0.15, -0.1) is 11.6 Å². The molecule has 0 spiro atoms. The molecule has 0 aliphatic rings. The zero-order valence-corrected chi connectivity index (χ0v) is 9.07. The van der Waals surface area contributed by atoms with Crippen LogP contribution in [-0.4, -0.2) is 42.0 Å². The minimum Gasteiger partial charge on any atom is -0.383 e. The molecule has 1 unspecified atom stereocenters. The molecule has 0 aromatic carbocycles. The molecule has 1 rings (SSSR count). The van der Waals surface area contributed by atoms with E-state index in [1.54, 1.807) is 13.3 Å². The van der Waals surface area contributed by atoms with E-state index in [9.17, 15) is 0 Å². The van der Waals surface area contributed by atoms with Crippen LogP contribution in [-0.2, 0) is 11.3 Å². The summed E-state index contributed by atoms with van der Waals surface area (Å²) < 4.78 is 6.89. The van der Waals surface area contributed by atoms with Gasteiger partial charge in [0.2, 0.25) is 0 Å². The highest BCUT2D eigenvalue weighted by Crippen LogP contribution is 1.90. The van der Waals surface area contributed by atoms with Crippen molar-refractivity contribution in [3.05, 3.63) is 18.5 Å². The fourth-order valence-electron chi connectivity index (χ4n) is 1.18. The summed E-state index contributed by atoms with van der Waals surface area (Å²) in [6, 6.07) is 2.13. The molecular weight excluding hydrogens is 202 g/mol. The van der Waals surface area contributed by atoms with E-state index < -0.39 is 0 Å². The van der Waals surface area contributed by atoms with Crippen LogP contribution in [0.3, 0.4) is 0 Å². The van der Waals surface area contributed by atoms with Crippen LogP contribution in [0.2, 0.25) is 0 Å². The van der Waals surface area contributed by atoms with Crippen molar-refractivity contribution >= 4 is 11.6 Å². The Labute approximate surface area is 89.2 Å². The number of methoxy groups -OCH3 is 1. The lowest BCUT2D eigenvalue weighted by molar-refractivity contribution is 0.172. The molecule has 1 aromatic rings. The predicted molar refractivity (Wildman–Crippen MR) is 56.6 cm³/mol. The van der Waals surface area contributed by atoms with Crippen molar-refractivity contribution in [3.8, 4) is 0 Å². The summed E-state index contributed by atoms with van der Waals surface area (Å²) >= 11 is 5.74. The largest absolute Gasteiger partial charge is 0.383 e. The van der Waals surface area contributed by atoms with Crippen LogP contribution < -0.4 is 5.32 Å². The topological polar surface area (TPSA) is 39.1 Å². The summed E-state index contributed by atoms with van der Waals surface area (Å²) in [7, 11) is 1.68. The first kappa shape index (κ1) is 11.5. The molecule has 80 valence electrons. The average Bonchev–Trinajstić information content (AvgIpc) is 2.69. The van der Waals surface area contributed by atoms with E-state index in [1.165, 1.54) is 0 Å². The molecule has 0 radical (unpaired) electrons. The van der Waals surface area contributed by atoms with Crippen molar-refractivity contribution in [2.24, 2.45) is 0 Å². The number of nitrogens with zero attached hydrogens (tertiary/aromatic N) is 2. The highest BCUT2D eigenvalue weighted by molar-refractivity contribution is 6.18. The Balaban J connectivity index is 2.13. The van der Waals surface area contributed by atoms with Crippen LogP contribution >= 0.6 is 11.6 Å². The molecule has 0 aliphatic heterocycles. The van der Waals surface area contributed by atoms with E-state index in [4.69, 9.17) is 16.3 Å². The molecule has 0 amide bonds. The first-order valence-electron chi connectivity index (χ1n) is 4.62. The zero-order chi connectivity index (χ0) is 10.2. The lowest BCUT2D eigenvalue weighted by atomic mass is 10.3. The summed E-state index contributed by atoms with van der Waals surface area (Å²) in [5.74, 6) is 0.562. The lowest BCUT2D eigenvalue weighted by Gasteiger charge is -2.14. The van der Waals surface area contributed by atoms with Gasteiger partial charge < -0.3 is 10.1 Å². The third-order valence-electron chi connectivity index (χ3n) is 1.89. The highest BCUT2D eigenvalue weighted by Gasteiger charge is 2.04. The standard InChI is InChI=1S/C9H16ClN3O/c1-14-8-9(7-10)11-4-6-13-5-2-3-12-13/h2-3,5,9,11H,4,6-8H2,1H3. The van der Waals surface area contributed by atoms with E-state index in [0.717, 1.165) is 13.1 Å². The molecule has 1 atom stereocenters. The number of halogens is 1. The van der Waals surface area contributed by atoms with Crippen molar-refractivity contribution in [2.45, 2.75) is 12.6 Å². The third kappa shape index (κ3) is 4.09. The molecule has 0 fully saturated rings. The van der Waals surface area contributed by atoms with Gasteiger partial charge >= 0.3 is 0 Å². The number of rotatable bonds is 7. The van der Waals surface area contributed by atoms with Gasteiger partial charge in [0.1, 0.15) is 0 Å². The first-order chi connectivity index (χ1) is 6.86. The quantitative estimate of drug-likeness (QED) is 0.685. The Morgan fingerprint density at radius 2 is 2.50 bits per heavy atom. The fraction of sp³-hybridized carbons (Fsp3) is 0.667. The number of alkyl halides is 1. The van der Waals surface area contributed by atoms with Crippen LogP contribution in [0.5, 0.6) is 0 Å². The van der Waals surface area contributed by atoms with Gasteiger partial charge in [0.15, 0.2) is 0 Å². The monoisotopic (exact) mass is 217 g/mol. The molecule has 0 aliphatic carbocycles. The predicted octanol–water partition coefficient (Wildman–Crippen LogP) is 0.726. The maximum absolute atomic E-state index is 5.74. The Bertz CT molecular complexity index is 228. The van der Waals surface area contributed by atoms with Crippen molar-refractivity contribution in [1.29, 1.82) is 0 Å². The van der Waals surface area contributed by atoms with Crippen molar-refractivity contribution in [1.82, 2.24) is 15.1 Å². The molecule has 1 heterocycles. The van der Waals surface area contributed by atoms with E-state index in [0.29, 0.717) is 12.5 Å². The molecule has 5 heteroatoms. The molecule has 14 heavy (non-hydrogen) atoms. The van der Waals surface area contributed by atoms with E-state index in [2.05, 4.69) is 10.4 Å². The SMILES string of the molecule is COCC(CCl)NCCn1cccn1. The van der Waals surface area contributed by atoms with Crippen LogP contribution in [0.4, 0.5) is 0 Å². The lowest BCUT2D eigenvalue weighted by Crippen LogP contribution is -2.36. The van der Waals surface area contributed by atoms with Crippen molar-refractivity contribution in [3.63, 3.8) is 0 Å². The number of aromatic nitrogens is 2. The second-order valence-corrected chi connectivity index (χ2v) is 3.34. The van der Waals surface area contributed by atoms with E-state index in [1.807, 2.05) is 16.9 Å². The van der Waals surface area contributed by atoms with Crippen LogP contribution in [0.25, 0.3) is 0 Å². The van der Waals surface area contributed by atoms with Gasteiger partial charge in [0.25, 0.3) is 0 Å². The van der Waals surface area contributed by atoms with Crippen LogP contribution in [0.1, 0.15) is 0 Å². The van der Waals surface area contributed by atoms with E-state index in [-0.39, 0.29) is 6.04 Å². The normalized spacial score (nSPS) is 13.0. The second kappa shape index (κ2) is 6.81. The van der Waals surface area contributed by atoms with Crippen LogP contribution in [0, 0.1) is 0 Å². The second-order valence-electron chi connectivity index (χ2n) is 3.03. The number of nitrogens with one attached hydrogen (secondary N) is 1. The Kier molecular flexibility index (Phi) is 5.59. The minimum absolute atomic E-state index is 0.220. The van der Waals surface area contributed by atoms with Gasteiger partial charge in [-0.05, 0) is 6.07 Å². The summed E-state index contributed by atoms with van der Waals surface area (Å²) in [6.45, 7) is 2.34. The molecule has 0 bridgehead atoms. The smallest absolute Gasteiger partial charge is 0.0627 e. The van der Waals surface area contributed by atoms with Gasteiger partial charge in [-0.25, -0.2) is 0 Å². The Hall–Kier alpha value is -0.580. The molecule has 0 saturated carbocycles. The van der Waals surface area contributed by atoms with E-state index >= 15 is 0 Å². The number of hydrogen-bond acceptors (Lipinski definition) is 3. The van der Waals surface area contributed by atoms with Gasteiger partial charge in [0.05, 0.1) is 13.2 Å². The minimum atomic E-state index is 0.220. The third-order valence-corrected chi connectivity index (χ3v) is 2.26. The first-order valence-corrected chi connectivity index (χ1v) is 5.16. The summed E-state index contributed by atoms with van der Waals surface area (Å²) in [5, 5.41) is 7.39. The maximum Gasteiger partial charge on any atom is 0.0627 e. The van der Waals surface area contributed by atoms with Crippen LogP contribution in [0.15, 0.2) is 18.5 Å². The fourth-order valence-corrected chi connectivity index (χ4v) is 1.37. The summed E-state index contributed by atoms with van der Waals surface area (Å²) in [4.78, 5) is 0. The highest BCUT2D eigenvalue weighted by atomic mass is 35.5. The zero-order valence-electron chi connectivity index (χ0n) is 8.32. The van der Waals surface area contributed by atoms with Gasteiger partial charge in [-0.3, -0.25) is 4.68 Å². The van der Waals surface area contributed by atoms with Gasteiger partial charge in [-0.2, -0.15) is 5.10 Å². The van der Waals surface area contributed by atoms with Gasteiger partial charge in [-0.1, -0.05) is 0 Å². The van der Waals surface area contributed by atoms with Gasteiger partial charge in [0, 0.05) is 38.0 Å². The van der Waals surface area contributed by atoms with Crippen molar-refractivity contribution in [2.75, 3.05) is 26.1 Å². The average molecular weight is 218 g/mol. The maximum atomic E-state index is 5.74. The molecule has 1 N–H and O–H groups in total. The number of hydrogen-bond donors (Lipinski definition) is 1. The number of ether oxygens (including phenoxy) is 1. The Morgan fingerprint density at radius 1 is 1.64 bits per heavy atom.